The van der Waals surface area contributed by atoms with Gasteiger partial charge in [-0.25, -0.2) is 0 Å². The van der Waals surface area contributed by atoms with Crippen molar-refractivity contribution in [2.45, 2.75) is 91.6 Å². The summed E-state index contributed by atoms with van der Waals surface area (Å²) in [6.07, 6.45) is -0.550. The highest BCUT2D eigenvalue weighted by molar-refractivity contribution is 5.77. The molecule has 0 amide bonds. The predicted molar refractivity (Wildman–Crippen MR) is 303 cm³/mol. The number of aliphatic carboxylic acids is 2. The van der Waals surface area contributed by atoms with Gasteiger partial charge in [0.2, 0.25) is 0 Å². The summed E-state index contributed by atoms with van der Waals surface area (Å²) in [5, 5.41) is 21.6. The standard InChI is InChI=1S/C68H64O12/c1-3-75-67(73)39-63-53-26-51-31-57(77-41-45-17-9-5-10-18-45)29-49(61(51)37-65(69)70)25-50-30-58(78-42-46-19-11-6-12-20-46)32-52(62(50)38-66(71)72)27-54-34-60(80-44-48-23-15-8-16-24-48)36-56(64(54)40-68(74)76-4-2)28-55(63)35-59(33-53)79-43-47-21-13-7-14-22-47/h5-24,29-36H,3-4,25-28,37-44H2,1-2H3,(H,69,70)(H,71,72). The van der Waals surface area contributed by atoms with Crippen molar-refractivity contribution < 1.29 is 57.8 Å². The van der Waals surface area contributed by atoms with Crippen LogP contribution in [0, 0.1) is 0 Å². The first kappa shape index (κ1) is 55.6. The van der Waals surface area contributed by atoms with Crippen molar-refractivity contribution >= 4 is 23.9 Å². The van der Waals surface area contributed by atoms with Crippen LogP contribution in [0.5, 0.6) is 23.0 Å². The van der Waals surface area contributed by atoms with Gasteiger partial charge in [-0.1, -0.05) is 121 Å². The summed E-state index contributed by atoms with van der Waals surface area (Å²) in [7, 11) is 0. The highest BCUT2D eigenvalue weighted by Crippen LogP contribution is 2.38. The zero-order valence-electron chi connectivity index (χ0n) is 45.0. The molecular weight excluding hydrogens is 1010 g/mol. The molecular formula is C68H64O12. The Hall–Kier alpha value is -9.16. The zero-order chi connectivity index (χ0) is 55.8. The number of carbonyl (C=O) groups excluding carboxylic acids is 2. The molecule has 1 aliphatic carbocycles. The topological polar surface area (TPSA) is 164 Å². The van der Waals surface area contributed by atoms with E-state index < -0.39 is 23.9 Å². The molecule has 12 nitrogen and oxygen atoms in total. The van der Waals surface area contributed by atoms with E-state index in [1.165, 1.54) is 0 Å². The van der Waals surface area contributed by atoms with Gasteiger partial charge in [-0.2, -0.15) is 0 Å². The quantitative estimate of drug-likeness (QED) is 0.0618. The molecule has 0 atom stereocenters. The third-order valence-electron chi connectivity index (χ3n) is 14.1. The molecule has 80 heavy (non-hydrogen) atoms. The average Bonchev–Trinajstić information content (AvgIpc) is 3.52. The van der Waals surface area contributed by atoms with Crippen LogP contribution in [-0.2, 0) is 106 Å². The van der Waals surface area contributed by atoms with Crippen molar-refractivity contribution in [1.29, 1.82) is 0 Å². The third-order valence-corrected chi connectivity index (χ3v) is 14.1. The molecule has 0 saturated heterocycles. The van der Waals surface area contributed by atoms with E-state index in [0.717, 1.165) is 22.3 Å². The number of rotatable bonds is 22. The van der Waals surface area contributed by atoms with Crippen LogP contribution in [0.1, 0.15) is 103 Å². The lowest BCUT2D eigenvalue weighted by Crippen LogP contribution is -2.17. The maximum atomic E-state index is 14.0. The molecule has 0 aromatic heterocycles. The Morgan fingerprint density at radius 3 is 0.750 bits per heavy atom. The second-order valence-electron chi connectivity index (χ2n) is 19.8. The maximum Gasteiger partial charge on any atom is 0.310 e. The molecule has 12 heteroatoms. The molecule has 0 radical (unpaired) electrons. The van der Waals surface area contributed by atoms with Crippen molar-refractivity contribution in [1.82, 2.24) is 0 Å². The molecule has 0 unspecified atom stereocenters. The van der Waals surface area contributed by atoms with E-state index in [4.69, 9.17) is 28.4 Å². The molecule has 0 heterocycles. The van der Waals surface area contributed by atoms with Crippen LogP contribution in [-0.4, -0.2) is 47.3 Å². The third kappa shape index (κ3) is 15.1. The molecule has 1 aliphatic rings. The molecule has 8 aromatic carbocycles. The number of hydrogen-bond acceptors (Lipinski definition) is 10. The summed E-state index contributed by atoms with van der Waals surface area (Å²) in [6.45, 7) is 4.66. The van der Waals surface area contributed by atoms with Crippen LogP contribution < -0.4 is 18.9 Å². The summed E-state index contributed by atoms with van der Waals surface area (Å²) >= 11 is 0. The first-order valence-electron chi connectivity index (χ1n) is 27.0. The van der Waals surface area contributed by atoms with Crippen molar-refractivity contribution in [2.75, 3.05) is 13.2 Å². The van der Waals surface area contributed by atoms with Gasteiger partial charge in [-0.3, -0.25) is 19.2 Å². The Kier molecular flexibility index (Phi) is 18.7. The summed E-state index contributed by atoms with van der Waals surface area (Å²) in [6, 6.07) is 54.0. The Balaban J connectivity index is 1.34. The van der Waals surface area contributed by atoms with Gasteiger partial charge in [0.1, 0.15) is 49.4 Å². The Morgan fingerprint density at radius 2 is 0.550 bits per heavy atom. The average molecular weight is 1070 g/mol. The fourth-order valence-electron chi connectivity index (χ4n) is 10.4. The highest BCUT2D eigenvalue weighted by atomic mass is 16.5. The van der Waals surface area contributed by atoms with E-state index in [1.54, 1.807) is 13.8 Å². The van der Waals surface area contributed by atoms with Crippen molar-refractivity contribution in [3.8, 4) is 23.0 Å². The van der Waals surface area contributed by atoms with E-state index in [9.17, 15) is 29.4 Å². The van der Waals surface area contributed by atoms with Crippen LogP contribution in [0.25, 0.3) is 0 Å². The zero-order valence-corrected chi connectivity index (χ0v) is 45.0. The van der Waals surface area contributed by atoms with Gasteiger partial charge in [0.25, 0.3) is 0 Å². The molecule has 0 fully saturated rings. The lowest BCUT2D eigenvalue weighted by atomic mass is 9.82. The smallest absolute Gasteiger partial charge is 0.310 e. The van der Waals surface area contributed by atoms with Gasteiger partial charge >= 0.3 is 23.9 Å². The maximum absolute atomic E-state index is 14.0. The van der Waals surface area contributed by atoms with Crippen LogP contribution in [0.2, 0.25) is 0 Å². The first-order valence-corrected chi connectivity index (χ1v) is 27.0. The lowest BCUT2D eigenvalue weighted by molar-refractivity contribution is -0.143. The van der Waals surface area contributed by atoms with Crippen molar-refractivity contribution in [2.24, 2.45) is 0 Å². The summed E-state index contributed by atoms with van der Waals surface area (Å²) in [5.74, 6) is -1.13. The molecule has 408 valence electrons. The number of ether oxygens (including phenoxy) is 6. The van der Waals surface area contributed by atoms with Crippen LogP contribution in [0.3, 0.4) is 0 Å². The van der Waals surface area contributed by atoms with E-state index in [0.29, 0.717) is 89.8 Å². The van der Waals surface area contributed by atoms with Crippen LogP contribution in [0.4, 0.5) is 0 Å². The minimum atomic E-state index is -1.07. The van der Waals surface area contributed by atoms with Gasteiger partial charge in [0.15, 0.2) is 0 Å². The summed E-state index contributed by atoms with van der Waals surface area (Å²) in [5.41, 5.74) is 11.2. The monoisotopic (exact) mass is 1070 g/mol. The SMILES string of the molecule is CCOC(=O)Cc1c2cc(OCc3ccccc3)cc1Cc1cc(OCc3ccccc3)cc(c1CC(=O)OCC)Cc1cc(OCc3ccccc3)cc(c1CC(=O)O)Cc1cc(OCc3ccccc3)cc(c1CC(=O)O)C2. The molecule has 8 aromatic rings. The summed E-state index contributed by atoms with van der Waals surface area (Å²) < 4.78 is 37.8. The lowest BCUT2D eigenvalue weighted by Gasteiger charge is -2.24. The summed E-state index contributed by atoms with van der Waals surface area (Å²) in [4.78, 5) is 54.4. The van der Waals surface area contributed by atoms with Gasteiger partial charge in [-0.05, 0) is 177 Å². The number of carbonyl (C=O) groups is 4. The van der Waals surface area contributed by atoms with E-state index in [-0.39, 0.29) is 91.0 Å². The van der Waals surface area contributed by atoms with E-state index >= 15 is 0 Å². The molecule has 0 aliphatic heterocycles. The minimum absolute atomic E-state index is 0.0820. The van der Waals surface area contributed by atoms with Gasteiger partial charge in [-0.15, -0.1) is 0 Å². The number of carboxylic acid groups (broad SMARTS) is 2. The normalized spacial score (nSPS) is 11.7. The number of hydrogen-bond donors (Lipinski definition) is 2. The fraction of sp³-hybridized carbons (Fsp3) is 0.235. The Bertz CT molecular complexity index is 3220. The number of fused-ring (bicyclic) bond motifs is 8. The second-order valence-corrected chi connectivity index (χ2v) is 19.8. The molecule has 0 saturated carbocycles. The molecule has 0 spiro atoms. The molecule has 2 N–H and O–H groups in total. The Morgan fingerprint density at radius 1 is 0.338 bits per heavy atom. The van der Waals surface area contributed by atoms with Crippen LogP contribution >= 0.6 is 0 Å². The second kappa shape index (κ2) is 26.9. The van der Waals surface area contributed by atoms with E-state index in [2.05, 4.69) is 0 Å². The highest BCUT2D eigenvalue weighted by Gasteiger charge is 2.27. The largest absolute Gasteiger partial charge is 0.489 e. The van der Waals surface area contributed by atoms with E-state index in [1.807, 2.05) is 170 Å². The van der Waals surface area contributed by atoms with Crippen molar-refractivity contribution in [3.63, 3.8) is 0 Å². The minimum Gasteiger partial charge on any atom is -0.489 e. The first-order chi connectivity index (χ1) is 39.0. The molecule has 8 bridgehead atoms. The van der Waals surface area contributed by atoms with Gasteiger partial charge in [0.05, 0.1) is 38.9 Å². The Labute approximate surface area is 466 Å². The number of esters is 2. The van der Waals surface area contributed by atoms with Gasteiger partial charge in [0, 0.05) is 0 Å². The predicted octanol–water partition coefficient (Wildman–Crippen LogP) is 12.1. The number of carboxylic acids is 2. The number of benzene rings is 8. The molecule has 9 rings (SSSR count). The van der Waals surface area contributed by atoms with Crippen molar-refractivity contribution in [3.05, 3.63) is 259 Å². The van der Waals surface area contributed by atoms with Crippen LogP contribution in [0.15, 0.2) is 170 Å². The fourth-order valence-corrected chi connectivity index (χ4v) is 10.4. The van der Waals surface area contributed by atoms with Gasteiger partial charge < -0.3 is 38.6 Å².